The van der Waals surface area contributed by atoms with Gasteiger partial charge in [-0.05, 0) is 61.9 Å². The van der Waals surface area contributed by atoms with Gasteiger partial charge in [-0.1, -0.05) is 12.1 Å². The molecule has 0 spiro atoms. The lowest BCUT2D eigenvalue weighted by Crippen LogP contribution is -2.35. The first-order chi connectivity index (χ1) is 12.5. The Kier molecular flexibility index (Phi) is 5.96. The van der Waals surface area contributed by atoms with Crippen LogP contribution in [0, 0.1) is 5.41 Å². The quantitative estimate of drug-likeness (QED) is 0.773. The van der Waals surface area contributed by atoms with E-state index in [1.165, 1.54) is 32.5 Å². The second kappa shape index (κ2) is 8.07. The Bertz CT molecular complexity index is 686. The highest BCUT2D eigenvalue weighted by molar-refractivity contribution is 5.94. The highest BCUT2D eigenvalue weighted by Crippen LogP contribution is 2.43. The number of carboxylic acid groups (broad SMARTS) is 1. The van der Waals surface area contributed by atoms with Gasteiger partial charge in [-0.15, -0.1) is 12.4 Å². The van der Waals surface area contributed by atoms with Crippen molar-refractivity contribution in [1.29, 1.82) is 0 Å². The number of piperidine rings is 1. The van der Waals surface area contributed by atoms with Crippen molar-refractivity contribution < 1.29 is 14.7 Å². The fourth-order valence-corrected chi connectivity index (χ4v) is 4.64. The number of halogens is 1. The number of hydrogen-bond acceptors (Lipinski definition) is 3. The number of aryl methyl sites for hydroxylation is 1. The Morgan fingerprint density at radius 3 is 2.37 bits per heavy atom. The number of aliphatic carboxylic acids is 1. The molecule has 0 radical (unpaired) electrons. The molecule has 2 amide bonds. The molecule has 7 heteroatoms. The first kappa shape index (κ1) is 20.0. The molecule has 3 aliphatic rings. The Balaban J connectivity index is 0.00000210. The van der Waals surface area contributed by atoms with E-state index in [4.69, 9.17) is 5.11 Å². The molecule has 27 heavy (non-hydrogen) atoms. The largest absolute Gasteiger partial charge is 0.481 e. The molecule has 3 saturated heterocycles. The normalized spacial score (nSPS) is 26.5. The third-order valence-corrected chi connectivity index (χ3v) is 6.36. The molecule has 0 aromatic heterocycles. The van der Waals surface area contributed by atoms with Crippen LogP contribution in [0.3, 0.4) is 0 Å². The van der Waals surface area contributed by atoms with Crippen LogP contribution >= 0.6 is 12.4 Å². The van der Waals surface area contributed by atoms with E-state index < -0.39 is 5.97 Å². The molecule has 4 rings (SSSR count). The average Bonchev–Trinajstić information content (AvgIpc) is 3.34. The van der Waals surface area contributed by atoms with Gasteiger partial charge in [0.2, 0.25) is 0 Å². The predicted molar refractivity (Wildman–Crippen MR) is 107 cm³/mol. The fraction of sp³-hybridized carbons (Fsp3) is 0.600. The van der Waals surface area contributed by atoms with E-state index in [-0.39, 0.29) is 24.9 Å². The summed E-state index contributed by atoms with van der Waals surface area (Å²) in [4.78, 5) is 29.8. The van der Waals surface area contributed by atoms with E-state index in [9.17, 15) is 9.59 Å². The number of fused-ring (bicyclic) bond motifs is 2. The molecule has 3 fully saturated rings. The maximum atomic E-state index is 12.8. The lowest BCUT2D eigenvalue weighted by Gasteiger charge is -2.28. The van der Waals surface area contributed by atoms with Crippen LogP contribution in [0.25, 0.3) is 0 Å². The summed E-state index contributed by atoms with van der Waals surface area (Å²) in [6.07, 6.45) is 4.36. The maximum absolute atomic E-state index is 12.8. The van der Waals surface area contributed by atoms with Gasteiger partial charge in [0.15, 0.2) is 0 Å². The van der Waals surface area contributed by atoms with Gasteiger partial charge in [-0.3, -0.25) is 9.69 Å². The molecule has 2 bridgehead atoms. The number of amides is 2. The molecule has 3 heterocycles. The van der Waals surface area contributed by atoms with E-state index in [2.05, 4.69) is 4.90 Å². The van der Waals surface area contributed by atoms with Gasteiger partial charge in [-0.2, -0.15) is 0 Å². The summed E-state index contributed by atoms with van der Waals surface area (Å²) in [5, 5.41) is 8.77. The Morgan fingerprint density at radius 1 is 1.07 bits per heavy atom. The number of carbonyl (C=O) groups excluding carboxylic acids is 1. The van der Waals surface area contributed by atoms with Crippen molar-refractivity contribution in [2.75, 3.05) is 44.2 Å². The predicted octanol–water partition coefficient (Wildman–Crippen LogP) is 2.85. The number of carbonyl (C=O) groups is 2. The SMILES string of the molecule is Cl.O=C(O)CCc1ccc(N2CCN(CCC34CCN(CC3)C4)C2=O)cc1. The summed E-state index contributed by atoms with van der Waals surface area (Å²) in [5.41, 5.74) is 2.35. The standard InChI is InChI=1S/C20H27N3O3.ClH/c24-18(25)6-3-16-1-4-17(5-2-16)23-14-13-22(19(23)26)12-9-20-7-10-21(15-20)11-8-20;/h1-2,4-5H,3,6-15H2,(H,24,25);1H. The maximum Gasteiger partial charge on any atom is 0.324 e. The molecule has 148 valence electrons. The van der Waals surface area contributed by atoms with E-state index >= 15 is 0 Å². The number of nitrogens with zero attached hydrogens (tertiary/aromatic N) is 3. The smallest absolute Gasteiger partial charge is 0.324 e. The Hall–Kier alpha value is -1.79. The van der Waals surface area contributed by atoms with Crippen molar-refractivity contribution in [2.24, 2.45) is 5.41 Å². The lowest BCUT2D eigenvalue weighted by molar-refractivity contribution is -0.136. The van der Waals surface area contributed by atoms with E-state index in [1.54, 1.807) is 0 Å². The molecule has 0 atom stereocenters. The summed E-state index contributed by atoms with van der Waals surface area (Å²) < 4.78 is 0. The third-order valence-electron chi connectivity index (χ3n) is 6.36. The zero-order chi connectivity index (χ0) is 18.1. The number of benzene rings is 1. The van der Waals surface area contributed by atoms with Crippen LogP contribution in [0.1, 0.15) is 31.2 Å². The molecular formula is C20H28ClN3O3. The van der Waals surface area contributed by atoms with Crippen LogP contribution in [0.5, 0.6) is 0 Å². The summed E-state index contributed by atoms with van der Waals surface area (Å²) in [7, 11) is 0. The summed E-state index contributed by atoms with van der Waals surface area (Å²) in [6, 6.07) is 7.83. The van der Waals surface area contributed by atoms with Crippen molar-refractivity contribution >= 4 is 30.1 Å². The van der Waals surface area contributed by atoms with Crippen LogP contribution in [-0.2, 0) is 11.2 Å². The van der Waals surface area contributed by atoms with Crippen LogP contribution < -0.4 is 4.90 Å². The highest BCUT2D eigenvalue weighted by Gasteiger charge is 2.44. The van der Waals surface area contributed by atoms with Gasteiger partial charge in [0.05, 0.1) is 0 Å². The Labute approximate surface area is 166 Å². The number of rotatable bonds is 7. The minimum atomic E-state index is -0.786. The topological polar surface area (TPSA) is 64.1 Å². The van der Waals surface area contributed by atoms with Crippen molar-refractivity contribution in [3.63, 3.8) is 0 Å². The zero-order valence-electron chi connectivity index (χ0n) is 15.6. The molecule has 1 aromatic rings. The third kappa shape index (κ3) is 4.22. The van der Waals surface area contributed by atoms with Crippen LogP contribution in [0.4, 0.5) is 10.5 Å². The van der Waals surface area contributed by atoms with Crippen molar-refractivity contribution in [2.45, 2.75) is 32.1 Å². The van der Waals surface area contributed by atoms with E-state index in [0.29, 0.717) is 11.8 Å². The first-order valence-electron chi connectivity index (χ1n) is 9.64. The van der Waals surface area contributed by atoms with Gasteiger partial charge in [0.1, 0.15) is 0 Å². The summed E-state index contributed by atoms with van der Waals surface area (Å²) in [6.45, 7) is 6.06. The van der Waals surface area contributed by atoms with Crippen molar-refractivity contribution in [3.05, 3.63) is 29.8 Å². The summed E-state index contributed by atoms with van der Waals surface area (Å²) in [5.74, 6) is -0.786. The molecule has 1 N–H and O–H groups in total. The molecule has 0 unspecified atom stereocenters. The zero-order valence-corrected chi connectivity index (χ0v) is 16.4. The molecular weight excluding hydrogens is 366 g/mol. The van der Waals surface area contributed by atoms with Crippen LogP contribution in [0.15, 0.2) is 24.3 Å². The van der Waals surface area contributed by atoms with E-state index in [1.807, 2.05) is 34.1 Å². The van der Waals surface area contributed by atoms with Crippen LogP contribution in [-0.4, -0.2) is 66.2 Å². The average molecular weight is 394 g/mol. The fourth-order valence-electron chi connectivity index (χ4n) is 4.64. The molecule has 1 aromatic carbocycles. The monoisotopic (exact) mass is 393 g/mol. The minimum Gasteiger partial charge on any atom is -0.481 e. The minimum absolute atomic E-state index is 0. The van der Waals surface area contributed by atoms with Gasteiger partial charge in [0.25, 0.3) is 0 Å². The first-order valence-corrected chi connectivity index (χ1v) is 9.64. The van der Waals surface area contributed by atoms with Crippen LogP contribution in [0.2, 0.25) is 0 Å². The number of anilines is 1. The number of carboxylic acids is 1. The number of urea groups is 1. The lowest BCUT2D eigenvalue weighted by atomic mass is 9.81. The second-order valence-electron chi connectivity index (χ2n) is 8.01. The molecule has 0 saturated carbocycles. The van der Waals surface area contributed by atoms with Crippen molar-refractivity contribution in [1.82, 2.24) is 9.80 Å². The molecule has 3 aliphatic heterocycles. The van der Waals surface area contributed by atoms with E-state index in [0.717, 1.165) is 37.3 Å². The Morgan fingerprint density at radius 2 is 1.78 bits per heavy atom. The van der Waals surface area contributed by atoms with Gasteiger partial charge < -0.3 is 14.9 Å². The van der Waals surface area contributed by atoms with Gasteiger partial charge in [0, 0.05) is 38.3 Å². The molecule has 0 aliphatic carbocycles. The summed E-state index contributed by atoms with van der Waals surface area (Å²) >= 11 is 0. The van der Waals surface area contributed by atoms with Crippen molar-refractivity contribution in [3.8, 4) is 0 Å². The molecule has 6 nitrogen and oxygen atoms in total. The highest BCUT2D eigenvalue weighted by atomic mass is 35.5. The number of hydrogen-bond donors (Lipinski definition) is 1. The second-order valence-corrected chi connectivity index (χ2v) is 8.01. The van der Waals surface area contributed by atoms with Gasteiger partial charge in [-0.25, -0.2) is 4.79 Å². The van der Waals surface area contributed by atoms with Gasteiger partial charge >= 0.3 is 12.0 Å².